The Morgan fingerprint density at radius 3 is 2.42 bits per heavy atom. The van der Waals surface area contributed by atoms with Crippen molar-refractivity contribution in [1.29, 1.82) is 0 Å². The number of hydrogen-bond acceptors (Lipinski definition) is 8. The van der Waals surface area contributed by atoms with Gasteiger partial charge >= 0.3 is 5.69 Å². The Bertz CT molecular complexity index is 971. The number of nitro groups is 1. The lowest BCUT2D eigenvalue weighted by Crippen LogP contribution is -2.06. The second kappa shape index (κ2) is 7.22. The fraction of sp³-hybridized carbons (Fsp3) is 0.188. The zero-order valence-electron chi connectivity index (χ0n) is 14.2. The van der Waals surface area contributed by atoms with E-state index in [4.69, 9.17) is 11.6 Å². The molecule has 0 bridgehead atoms. The molecule has 0 unspecified atom stereocenters. The second-order valence-corrected chi connectivity index (χ2v) is 7.19. The molecule has 0 aliphatic carbocycles. The summed E-state index contributed by atoms with van der Waals surface area (Å²) >= 11 is 7.36. The highest BCUT2D eigenvalue weighted by atomic mass is 35.5. The van der Waals surface area contributed by atoms with Crippen LogP contribution in [0.25, 0.3) is 0 Å². The van der Waals surface area contributed by atoms with Gasteiger partial charge < -0.3 is 10.6 Å². The number of hydrogen-bond donors (Lipinski definition) is 2. The molecule has 2 aromatic heterocycles. The minimum absolute atomic E-state index is 0.0767. The standard InChI is InChI=1S/C16H15ClN6O2S/c1-8-6-11(17)4-5-12(8)21-14-13(23(24)25)15(19-7-18-14)22-16-20-9(2)10(3)26-16/h4-7H,1-3H3,(H2,18,19,20,21,22). The third kappa shape index (κ3) is 3.73. The van der Waals surface area contributed by atoms with E-state index in [0.717, 1.165) is 16.1 Å². The van der Waals surface area contributed by atoms with Gasteiger partial charge in [-0.25, -0.2) is 15.0 Å². The number of aromatic nitrogens is 3. The average Bonchev–Trinajstić information content (AvgIpc) is 2.87. The molecule has 2 heterocycles. The number of rotatable bonds is 5. The highest BCUT2D eigenvalue weighted by Crippen LogP contribution is 2.35. The Kier molecular flexibility index (Phi) is 5.01. The molecule has 1 aromatic carbocycles. The third-order valence-corrected chi connectivity index (χ3v) is 4.92. The lowest BCUT2D eigenvalue weighted by molar-refractivity contribution is -0.383. The van der Waals surface area contributed by atoms with Gasteiger partial charge in [-0.05, 0) is 44.5 Å². The van der Waals surface area contributed by atoms with Gasteiger partial charge in [-0.1, -0.05) is 11.6 Å². The average molecular weight is 391 g/mol. The van der Waals surface area contributed by atoms with Crippen LogP contribution in [-0.2, 0) is 0 Å². The van der Waals surface area contributed by atoms with Gasteiger partial charge in [-0.2, -0.15) is 0 Å². The van der Waals surface area contributed by atoms with Crippen LogP contribution in [0.3, 0.4) is 0 Å². The fourth-order valence-electron chi connectivity index (χ4n) is 2.26. The van der Waals surface area contributed by atoms with Crippen molar-refractivity contribution in [1.82, 2.24) is 15.0 Å². The SMILES string of the molecule is Cc1cc(Cl)ccc1Nc1ncnc(Nc2nc(C)c(C)s2)c1[N+](=O)[O-]. The Hall–Kier alpha value is -2.78. The minimum Gasteiger partial charge on any atom is -0.334 e. The molecule has 3 aromatic rings. The molecular weight excluding hydrogens is 376 g/mol. The zero-order chi connectivity index (χ0) is 18.8. The van der Waals surface area contributed by atoms with E-state index >= 15 is 0 Å². The molecular formula is C16H15ClN6O2S. The van der Waals surface area contributed by atoms with E-state index in [1.54, 1.807) is 18.2 Å². The molecule has 0 amide bonds. The van der Waals surface area contributed by atoms with E-state index < -0.39 is 4.92 Å². The highest BCUT2D eigenvalue weighted by molar-refractivity contribution is 7.15. The van der Waals surface area contributed by atoms with Gasteiger partial charge in [0.2, 0.25) is 11.6 Å². The number of nitrogens with zero attached hydrogens (tertiary/aromatic N) is 4. The van der Waals surface area contributed by atoms with Crippen LogP contribution in [-0.4, -0.2) is 19.9 Å². The van der Waals surface area contributed by atoms with Gasteiger partial charge in [0.05, 0.1) is 10.6 Å². The largest absolute Gasteiger partial charge is 0.353 e. The van der Waals surface area contributed by atoms with Crippen LogP contribution in [0.1, 0.15) is 16.1 Å². The molecule has 0 saturated heterocycles. The number of anilines is 4. The summed E-state index contributed by atoms with van der Waals surface area (Å²) in [5, 5.41) is 18.7. The molecule has 2 N–H and O–H groups in total. The first kappa shape index (κ1) is 18.0. The quantitative estimate of drug-likeness (QED) is 0.471. The molecule has 3 rings (SSSR count). The van der Waals surface area contributed by atoms with Crippen LogP contribution in [0.15, 0.2) is 24.5 Å². The van der Waals surface area contributed by atoms with Crippen molar-refractivity contribution in [2.24, 2.45) is 0 Å². The number of thiazole rings is 1. The molecule has 0 atom stereocenters. The van der Waals surface area contributed by atoms with E-state index in [9.17, 15) is 10.1 Å². The molecule has 10 heteroatoms. The second-order valence-electron chi connectivity index (χ2n) is 5.55. The monoisotopic (exact) mass is 390 g/mol. The van der Waals surface area contributed by atoms with Crippen molar-refractivity contribution in [2.75, 3.05) is 10.6 Å². The van der Waals surface area contributed by atoms with Crippen molar-refractivity contribution in [3.05, 3.63) is 55.8 Å². The van der Waals surface area contributed by atoms with Crippen molar-refractivity contribution < 1.29 is 4.92 Å². The normalized spacial score (nSPS) is 10.6. The first-order valence-electron chi connectivity index (χ1n) is 7.58. The van der Waals surface area contributed by atoms with Gasteiger partial charge in [0, 0.05) is 15.6 Å². The first-order valence-corrected chi connectivity index (χ1v) is 8.78. The Labute approximate surface area is 158 Å². The van der Waals surface area contributed by atoms with Crippen molar-refractivity contribution in [3.63, 3.8) is 0 Å². The van der Waals surface area contributed by atoms with Gasteiger partial charge in [-0.15, -0.1) is 11.3 Å². The van der Waals surface area contributed by atoms with Gasteiger partial charge in [0.25, 0.3) is 0 Å². The predicted molar refractivity (Wildman–Crippen MR) is 103 cm³/mol. The molecule has 0 fully saturated rings. The summed E-state index contributed by atoms with van der Waals surface area (Å²) < 4.78 is 0. The summed E-state index contributed by atoms with van der Waals surface area (Å²) in [4.78, 5) is 24.5. The van der Waals surface area contributed by atoms with Crippen LogP contribution < -0.4 is 10.6 Å². The maximum absolute atomic E-state index is 11.6. The van der Waals surface area contributed by atoms with Gasteiger partial charge in [0.15, 0.2) is 5.13 Å². The number of halogens is 1. The van der Waals surface area contributed by atoms with E-state index in [1.807, 2.05) is 20.8 Å². The number of aryl methyl sites for hydroxylation is 3. The van der Waals surface area contributed by atoms with Crippen molar-refractivity contribution in [3.8, 4) is 0 Å². The van der Waals surface area contributed by atoms with E-state index in [0.29, 0.717) is 15.8 Å². The highest BCUT2D eigenvalue weighted by Gasteiger charge is 2.24. The smallest absolute Gasteiger partial charge is 0.334 e. The number of nitrogens with one attached hydrogen (secondary N) is 2. The molecule has 0 saturated carbocycles. The molecule has 26 heavy (non-hydrogen) atoms. The van der Waals surface area contributed by atoms with E-state index in [1.165, 1.54) is 17.7 Å². The van der Waals surface area contributed by atoms with Gasteiger partial charge in [0.1, 0.15) is 6.33 Å². The molecule has 0 aliphatic rings. The molecule has 134 valence electrons. The maximum Gasteiger partial charge on any atom is 0.353 e. The fourth-order valence-corrected chi connectivity index (χ4v) is 3.30. The molecule has 0 radical (unpaired) electrons. The molecule has 0 aliphatic heterocycles. The Balaban J connectivity index is 1.99. The van der Waals surface area contributed by atoms with Crippen LogP contribution >= 0.6 is 22.9 Å². The third-order valence-electron chi connectivity index (χ3n) is 3.70. The lowest BCUT2D eigenvalue weighted by Gasteiger charge is -2.11. The summed E-state index contributed by atoms with van der Waals surface area (Å²) in [6.45, 7) is 5.66. The van der Waals surface area contributed by atoms with Crippen LogP contribution in [0, 0.1) is 30.9 Å². The predicted octanol–water partition coefficient (Wildman–Crippen LogP) is 4.91. The maximum atomic E-state index is 11.6. The Morgan fingerprint density at radius 2 is 1.85 bits per heavy atom. The van der Waals surface area contributed by atoms with E-state index in [-0.39, 0.29) is 17.3 Å². The van der Waals surface area contributed by atoms with Gasteiger partial charge in [-0.3, -0.25) is 10.1 Å². The number of benzene rings is 1. The zero-order valence-corrected chi connectivity index (χ0v) is 15.8. The van der Waals surface area contributed by atoms with Crippen LogP contribution in [0.5, 0.6) is 0 Å². The molecule has 0 spiro atoms. The molecule has 8 nitrogen and oxygen atoms in total. The van der Waals surface area contributed by atoms with Crippen molar-refractivity contribution in [2.45, 2.75) is 20.8 Å². The summed E-state index contributed by atoms with van der Waals surface area (Å²) in [5.74, 6) is 0.163. The van der Waals surface area contributed by atoms with E-state index in [2.05, 4.69) is 25.6 Å². The first-order chi connectivity index (χ1) is 12.3. The summed E-state index contributed by atoms with van der Waals surface area (Å²) in [5.41, 5.74) is 2.12. The Morgan fingerprint density at radius 1 is 1.15 bits per heavy atom. The van der Waals surface area contributed by atoms with Crippen LogP contribution in [0.2, 0.25) is 5.02 Å². The lowest BCUT2D eigenvalue weighted by atomic mass is 10.2. The van der Waals surface area contributed by atoms with Crippen LogP contribution in [0.4, 0.5) is 28.1 Å². The summed E-state index contributed by atoms with van der Waals surface area (Å²) in [7, 11) is 0. The van der Waals surface area contributed by atoms with Crippen molar-refractivity contribution >= 4 is 51.1 Å². The minimum atomic E-state index is -0.525. The topological polar surface area (TPSA) is 106 Å². The summed E-state index contributed by atoms with van der Waals surface area (Å²) in [6, 6.07) is 5.20. The summed E-state index contributed by atoms with van der Waals surface area (Å²) in [6.07, 6.45) is 1.26.